The molecule has 2 aliphatic rings. The fourth-order valence-electron chi connectivity index (χ4n) is 3.64. The summed E-state index contributed by atoms with van der Waals surface area (Å²) in [5, 5.41) is 8.57. The van der Waals surface area contributed by atoms with E-state index in [0.29, 0.717) is 50.1 Å². The van der Waals surface area contributed by atoms with E-state index < -0.39 is 5.97 Å². The number of carbonyl (C=O) groups excluding carboxylic acids is 1. The molecule has 0 spiro atoms. The van der Waals surface area contributed by atoms with E-state index in [1.165, 1.54) is 0 Å². The predicted molar refractivity (Wildman–Crippen MR) is 77.1 cm³/mol. The Bertz CT molecular complexity index is 344. The molecule has 2 fully saturated rings. The van der Waals surface area contributed by atoms with Gasteiger partial charge in [-0.25, -0.2) is 0 Å². The quantitative estimate of drug-likeness (QED) is 0.468. The number of carboxylic acid groups (broad SMARTS) is 1. The lowest BCUT2D eigenvalue weighted by Gasteiger charge is -2.27. The van der Waals surface area contributed by atoms with E-state index in [-0.39, 0.29) is 6.42 Å². The van der Waals surface area contributed by atoms with Crippen molar-refractivity contribution in [2.75, 3.05) is 13.2 Å². The smallest absolute Gasteiger partial charge is 0.303 e. The van der Waals surface area contributed by atoms with Crippen molar-refractivity contribution in [3.05, 3.63) is 0 Å². The third-order valence-electron chi connectivity index (χ3n) is 4.69. The van der Waals surface area contributed by atoms with Crippen LogP contribution in [0.3, 0.4) is 0 Å². The summed E-state index contributed by atoms with van der Waals surface area (Å²) in [5.74, 6) is 0.240. The molecule has 0 aromatic rings. The van der Waals surface area contributed by atoms with Crippen LogP contribution in [0.25, 0.3) is 0 Å². The second kappa shape index (κ2) is 8.49. The molecular weight excluding hydrogens is 272 g/mol. The molecule has 0 radical (unpaired) electrons. The summed E-state index contributed by atoms with van der Waals surface area (Å²) in [6.45, 7) is 1.34. The minimum absolute atomic E-state index is 0.217. The van der Waals surface area contributed by atoms with Gasteiger partial charge in [0.05, 0.1) is 18.8 Å². The van der Waals surface area contributed by atoms with Gasteiger partial charge < -0.3 is 19.4 Å². The van der Waals surface area contributed by atoms with E-state index in [4.69, 9.17) is 14.6 Å². The number of aldehydes is 1. The number of carboxylic acids is 1. The summed E-state index contributed by atoms with van der Waals surface area (Å²) >= 11 is 0. The van der Waals surface area contributed by atoms with Crippen LogP contribution in [0, 0.1) is 11.8 Å². The first-order valence-electron chi connectivity index (χ1n) is 8.11. The number of hydrogen-bond acceptors (Lipinski definition) is 4. The molecule has 2 bridgehead atoms. The van der Waals surface area contributed by atoms with Gasteiger partial charge in [-0.2, -0.15) is 0 Å². The van der Waals surface area contributed by atoms with Crippen molar-refractivity contribution in [2.24, 2.45) is 11.8 Å². The van der Waals surface area contributed by atoms with Crippen molar-refractivity contribution in [1.29, 1.82) is 0 Å². The van der Waals surface area contributed by atoms with E-state index in [1.54, 1.807) is 0 Å². The van der Waals surface area contributed by atoms with Crippen molar-refractivity contribution in [3.8, 4) is 0 Å². The van der Waals surface area contributed by atoms with Crippen molar-refractivity contribution >= 4 is 12.3 Å². The Morgan fingerprint density at radius 2 is 1.95 bits per heavy atom. The third kappa shape index (κ3) is 4.78. The van der Waals surface area contributed by atoms with E-state index in [2.05, 4.69) is 0 Å². The summed E-state index contributed by atoms with van der Waals surface area (Å²) in [4.78, 5) is 20.9. The van der Waals surface area contributed by atoms with E-state index in [1.807, 2.05) is 0 Å². The first-order chi connectivity index (χ1) is 10.2. The van der Waals surface area contributed by atoms with Gasteiger partial charge in [0.1, 0.15) is 6.29 Å². The molecule has 0 saturated carbocycles. The van der Waals surface area contributed by atoms with Crippen LogP contribution in [0.2, 0.25) is 0 Å². The summed E-state index contributed by atoms with van der Waals surface area (Å²) in [5.41, 5.74) is 0. The monoisotopic (exact) mass is 298 g/mol. The van der Waals surface area contributed by atoms with Gasteiger partial charge in [0.2, 0.25) is 0 Å². The minimum Gasteiger partial charge on any atom is -0.481 e. The van der Waals surface area contributed by atoms with Gasteiger partial charge in [0.15, 0.2) is 0 Å². The second-order valence-electron chi connectivity index (χ2n) is 6.14. The normalized spacial score (nSPS) is 30.7. The van der Waals surface area contributed by atoms with Gasteiger partial charge in [0, 0.05) is 25.4 Å². The number of rotatable bonds is 11. The number of unbranched alkanes of at least 4 members (excludes halogenated alkanes) is 2. The zero-order valence-electron chi connectivity index (χ0n) is 12.5. The van der Waals surface area contributed by atoms with Crippen LogP contribution in [0.1, 0.15) is 51.4 Å². The predicted octanol–water partition coefficient (Wildman–Crippen LogP) is 2.42. The fraction of sp³-hybridized carbons (Fsp3) is 0.875. The molecule has 120 valence electrons. The highest BCUT2D eigenvalue weighted by atomic mass is 16.5. The molecular formula is C16H26O5. The average Bonchev–Trinajstić information content (AvgIpc) is 3.04. The largest absolute Gasteiger partial charge is 0.481 e. The molecule has 5 nitrogen and oxygen atoms in total. The van der Waals surface area contributed by atoms with Crippen molar-refractivity contribution in [1.82, 2.24) is 0 Å². The molecule has 2 heterocycles. The maximum atomic E-state index is 10.4. The molecule has 5 heteroatoms. The lowest BCUT2D eigenvalue weighted by atomic mass is 9.77. The van der Waals surface area contributed by atoms with Gasteiger partial charge in [-0.15, -0.1) is 0 Å². The highest BCUT2D eigenvalue weighted by molar-refractivity contribution is 5.66. The molecule has 0 unspecified atom stereocenters. The molecule has 0 amide bonds. The molecule has 0 aromatic heterocycles. The molecule has 4 atom stereocenters. The number of carbonyl (C=O) groups is 2. The maximum absolute atomic E-state index is 10.4. The van der Waals surface area contributed by atoms with Crippen LogP contribution in [0.5, 0.6) is 0 Å². The molecule has 21 heavy (non-hydrogen) atoms. The van der Waals surface area contributed by atoms with Crippen LogP contribution in [0.4, 0.5) is 0 Å². The lowest BCUT2D eigenvalue weighted by Crippen LogP contribution is -2.31. The van der Waals surface area contributed by atoms with Crippen molar-refractivity contribution < 1.29 is 24.2 Å². The Kier molecular flexibility index (Phi) is 6.64. The second-order valence-corrected chi connectivity index (χ2v) is 6.14. The van der Waals surface area contributed by atoms with Crippen LogP contribution < -0.4 is 0 Å². The molecule has 2 aliphatic heterocycles. The number of hydrogen-bond donors (Lipinski definition) is 1. The van der Waals surface area contributed by atoms with Gasteiger partial charge in [-0.3, -0.25) is 4.79 Å². The lowest BCUT2D eigenvalue weighted by molar-refractivity contribution is -0.137. The summed E-state index contributed by atoms with van der Waals surface area (Å²) < 4.78 is 11.7. The van der Waals surface area contributed by atoms with Crippen molar-refractivity contribution in [2.45, 2.75) is 63.6 Å². The number of fused-ring (bicyclic) bond motifs is 2. The SMILES string of the molecule is O=CCCC[C@@H]1[C@H](COCCCCC(=O)O)[C@@H]2CC[C@H]1O2. The molecule has 0 aromatic carbocycles. The summed E-state index contributed by atoms with van der Waals surface area (Å²) in [6.07, 6.45) is 8.26. The zero-order chi connectivity index (χ0) is 15.1. The fourth-order valence-corrected chi connectivity index (χ4v) is 3.64. The first-order valence-corrected chi connectivity index (χ1v) is 8.11. The Labute approximate surface area is 126 Å². The van der Waals surface area contributed by atoms with E-state index in [0.717, 1.165) is 38.4 Å². The van der Waals surface area contributed by atoms with Crippen LogP contribution in [0.15, 0.2) is 0 Å². The number of ether oxygens (including phenoxy) is 2. The van der Waals surface area contributed by atoms with E-state index in [9.17, 15) is 9.59 Å². The standard InChI is InChI=1S/C16H26O5/c17-9-3-1-5-12-13(15-8-7-14(12)21-15)11-20-10-4-2-6-16(18)19/h9,12-15H,1-8,10-11H2,(H,18,19)/t12-,13+,14-,15+/m1/s1. The van der Waals surface area contributed by atoms with Crippen LogP contribution in [-0.2, 0) is 19.1 Å². The Hall–Kier alpha value is -0.940. The minimum atomic E-state index is -0.744. The highest BCUT2D eigenvalue weighted by Gasteiger charge is 2.48. The maximum Gasteiger partial charge on any atom is 0.303 e. The van der Waals surface area contributed by atoms with Gasteiger partial charge in [-0.05, 0) is 44.4 Å². The average molecular weight is 298 g/mol. The topological polar surface area (TPSA) is 72.8 Å². The first kappa shape index (κ1) is 16.4. The zero-order valence-corrected chi connectivity index (χ0v) is 12.5. The molecule has 2 saturated heterocycles. The summed E-state index contributed by atoms with van der Waals surface area (Å²) in [7, 11) is 0. The van der Waals surface area contributed by atoms with E-state index >= 15 is 0 Å². The van der Waals surface area contributed by atoms with Crippen LogP contribution >= 0.6 is 0 Å². The van der Waals surface area contributed by atoms with Crippen LogP contribution in [-0.4, -0.2) is 42.8 Å². The molecule has 1 N–H and O–H groups in total. The van der Waals surface area contributed by atoms with Gasteiger partial charge in [-0.1, -0.05) is 0 Å². The Morgan fingerprint density at radius 3 is 2.67 bits per heavy atom. The third-order valence-corrected chi connectivity index (χ3v) is 4.69. The Morgan fingerprint density at radius 1 is 1.19 bits per heavy atom. The van der Waals surface area contributed by atoms with Crippen molar-refractivity contribution in [3.63, 3.8) is 0 Å². The highest BCUT2D eigenvalue weighted by Crippen LogP contribution is 2.45. The number of aliphatic carboxylic acids is 1. The molecule has 2 rings (SSSR count). The molecule has 0 aliphatic carbocycles. The summed E-state index contributed by atoms with van der Waals surface area (Å²) in [6, 6.07) is 0. The Balaban J connectivity index is 1.65. The van der Waals surface area contributed by atoms with Gasteiger partial charge in [0.25, 0.3) is 0 Å². The van der Waals surface area contributed by atoms with Gasteiger partial charge >= 0.3 is 5.97 Å².